The molecule has 1 aliphatic rings. The smallest absolute Gasteiger partial charge is 0.148 e. The molecule has 1 aliphatic heterocycles. The fourth-order valence-corrected chi connectivity index (χ4v) is 3.59. The lowest BCUT2D eigenvalue weighted by Crippen LogP contribution is -2.47. The van der Waals surface area contributed by atoms with Crippen molar-refractivity contribution in [1.82, 2.24) is 4.90 Å². The molecule has 0 bridgehead atoms. The van der Waals surface area contributed by atoms with Gasteiger partial charge in [0, 0.05) is 50.7 Å². The number of nitrogens with two attached hydrogens (primary N) is 1. The second-order valence-electron chi connectivity index (χ2n) is 6.26. The number of nitrogens with zero attached hydrogens (tertiary/aromatic N) is 2. The first-order valence-corrected chi connectivity index (χ1v) is 10.6. The zero-order valence-electron chi connectivity index (χ0n) is 14.9. The number of rotatable bonds is 7. The van der Waals surface area contributed by atoms with Gasteiger partial charge in [-0.1, -0.05) is 6.92 Å². The van der Waals surface area contributed by atoms with Crippen molar-refractivity contribution < 1.29 is 13.2 Å². The fourth-order valence-electron chi connectivity index (χ4n) is 3.00. The van der Waals surface area contributed by atoms with E-state index >= 15 is 0 Å². The first kappa shape index (κ1) is 18.9. The lowest BCUT2D eigenvalue weighted by Gasteiger charge is -2.37. The molecule has 0 atom stereocenters. The maximum Gasteiger partial charge on any atom is 0.148 e. The van der Waals surface area contributed by atoms with Crippen molar-refractivity contribution in [1.29, 1.82) is 0 Å². The Kier molecular flexibility index (Phi) is 6.34. The summed E-state index contributed by atoms with van der Waals surface area (Å²) in [5.74, 6) is 0.966. The standard InChI is InChI=1S/C17H29N3O3S/c1-4-14-12-15(18)17(23-5-2)13-16(14)20-8-6-19(7-9-20)10-11-24(3,21)22/h12-13H,4-11,18H2,1-3H3. The molecule has 1 saturated heterocycles. The van der Waals surface area contributed by atoms with Crippen LogP contribution >= 0.6 is 0 Å². The molecule has 0 unspecified atom stereocenters. The van der Waals surface area contributed by atoms with Crippen molar-refractivity contribution in [2.75, 3.05) is 62.0 Å². The highest BCUT2D eigenvalue weighted by molar-refractivity contribution is 7.90. The van der Waals surface area contributed by atoms with Crippen LogP contribution in [0.3, 0.4) is 0 Å². The van der Waals surface area contributed by atoms with E-state index in [1.807, 2.05) is 19.1 Å². The molecule has 0 saturated carbocycles. The molecule has 136 valence electrons. The van der Waals surface area contributed by atoms with E-state index in [9.17, 15) is 8.42 Å². The molecule has 0 radical (unpaired) electrons. The molecule has 0 spiro atoms. The Labute approximate surface area is 145 Å². The van der Waals surface area contributed by atoms with Crippen LogP contribution in [0.25, 0.3) is 0 Å². The van der Waals surface area contributed by atoms with Crippen LogP contribution in [0.15, 0.2) is 12.1 Å². The van der Waals surface area contributed by atoms with Crippen molar-refractivity contribution in [2.24, 2.45) is 0 Å². The van der Waals surface area contributed by atoms with Crippen LogP contribution in [-0.4, -0.2) is 64.7 Å². The quantitative estimate of drug-likeness (QED) is 0.745. The number of hydrogen-bond donors (Lipinski definition) is 1. The van der Waals surface area contributed by atoms with Crippen molar-refractivity contribution >= 4 is 21.2 Å². The number of anilines is 2. The number of benzene rings is 1. The molecule has 0 aliphatic carbocycles. The summed E-state index contributed by atoms with van der Waals surface area (Å²) in [7, 11) is -2.90. The minimum Gasteiger partial charge on any atom is -0.492 e. The summed E-state index contributed by atoms with van der Waals surface area (Å²) in [6.45, 7) is 8.78. The molecule has 0 amide bonds. The van der Waals surface area contributed by atoms with E-state index in [1.165, 1.54) is 17.5 Å². The van der Waals surface area contributed by atoms with Crippen LogP contribution in [0.4, 0.5) is 11.4 Å². The maximum absolute atomic E-state index is 11.3. The Morgan fingerprint density at radius 2 is 1.83 bits per heavy atom. The first-order chi connectivity index (χ1) is 11.3. The summed E-state index contributed by atoms with van der Waals surface area (Å²) in [6, 6.07) is 4.06. The van der Waals surface area contributed by atoms with Crippen molar-refractivity contribution in [3.8, 4) is 5.75 Å². The monoisotopic (exact) mass is 355 g/mol. The fraction of sp³-hybridized carbons (Fsp3) is 0.647. The van der Waals surface area contributed by atoms with Gasteiger partial charge in [0.1, 0.15) is 15.6 Å². The third-order valence-corrected chi connectivity index (χ3v) is 5.31. The highest BCUT2D eigenvalue weighted by atomic mass is 32.2. The van der Waals surface area contributed by atoms with Crippen LogP contribution < -0.4 is 15.4 Å². The van der Waals surface area contributed by atoms with Gasteiger partial charge in [-0.05, 0) is 25.0 Å². The van der Waals surface area contributed by atoms with Gasteiger partial charge < -0.3 is 15.4 Å². The first-order valence-electron chi connectivity index (χ1n) is 8.54. The largest absolute Gasteiger partial charge is 0.492 e. The molecule has 1 aromatic rings. The molecule has 1 aromatic carbocycles. The summed E-state index contributed by atoms with van der Waals surface area (Å²) < 4.78 is 28.3. The van der Waals surface area contributed by atoms with E-state index in [-0.39, 0.29) is 5.75 Å². The summed E-state index contributed by atoms with van der Waals surface area (Å²) in [6.07, 6.45) is 2.21. The lowest BCUT2D eigenvalue weighted by molar-refractivity contribution is 0.271. The number of aryl methyl sites for hydroxylation is 1. The normalized spacial score (nSPS) is 16.4. The van der Waals surface area contributed by atoms with Crippen LogP contribution in [0.5, 0.6) is 5.75 Å². The lowest BCUT2D eigenvalue weighted by atomic mass is 10.1. The van der Waals surface area contributed by atoms with Crippen molar-refractivity contribution in [2.45, 2.75) is 20.3 Å². The zero-order valence-corrected chi connectivity index (χ0v) is 15.7. The highest BCUT2D eigenvalue weighted by Gasteiger charge is 2.21. The summed E-state index contributed by atoms with van der Waals surface area (Å²) in [5, 5.41) is 0. The highest BCUT2D eigenvalue weighted by Crippen LogP contribution is 2.33. The average molecular weight is 356 g/mol. The molecule has 0 aromatic heterocycles. The van der Waals surface area contributed by atoms with E-state index in [4.69, 9.17) is 10.5 Å². The molecule has 1 heterocycles. The van der Waals surface area contributed by atoms with Gasteiger partial charge >= 0.3 is 0 Å². The van der Waals surface area contributed by atoms with E-state index < -0.39 is 9.84 Å². The van der Waals surface area contributed by atoms with Crippen LogP contribution in [0.1, 0.15) is 19.4 Å². The SMILES string of the molecule is CCOc1cc(N2CCN(CCS(C)(=O)=O)CC2)c(CC)cc1N. The topological polar surface area (TPSA) is 75.9 Å². The third-order valence-electron chi connectivity index (χ3n) is 4.38. The Hall–Kier alpha value is -1.47. The van der Waals surface area contributed by atoms with Gasteiger partial charge in [-0.25, -0.2) is 8.42 Å². The van der Waals surface area contributed by atoms with Gasteiger partial charge in [0.25, 0.3) is 0 Å². The molecule has 7 heteroatoms. The van der Waals surface area contributed by atoms with Crippen molar-refractivity contribution in [3.63, 3.8) is 0 Å². The van der Waals surface area contributed by atoms with E-state index in [0.29, 0.717) is 18.8 Å². The predicted molar refractivity (Wildman–Crippen MR) is 99.8 cm³/mol. The van der Waals surface area contributed by atoms with E-state index in [0.717, 1.165) is 38.3 Å². The predicted octanol–water partition coefficient (Wildman–Crippen LogP) is 1.40. The van der Waals surface area contributed by atoms with Gasteiger partial charge in [-0.3, -0.25) is 4.90 Å². The molecule has 2 N–H and O–H groups in total. The zero-order chi connectivity index (χ0) is 17.7. The molecule has 1 fully saturated rings. The molecular weight excluding hydrogens is 326 g/mol. The Morgan fingerprint density at radius 3 is 2.38 bits per heavy atom. The molecule has 2 rings (SSSR count). The van der Waals surface area contributed by atoms with Gasteiger partial charge in [-0.15, -0.1) is 0 Å². The molecule has 24 heavy (non-hydrogen) atoms. The third kappa shape index (κ3) is 5.01. The number of ether oxygens (including phenoxy) is 1. The second-order valence-corrected chi connectivity index (χ2v) is 8.52. The summed E-state index contributed by atoms with van der Waals surface area (Å²) >= 11 is 0. The number of sulfone groups is 1. The summed E-state index contributed by atoms with van der Waals surface area (Å²) in [4.78, 5) is 4.56. The van der Waals surface area contributed by atoms with Crippen LogP contribution in [-0.2, 0) is 16.3 Å². The van der Waals surface area contributed by atoms with Crippen LogP contribution in [0.2, 0.25) is 0 Å². The minimum atomic E-state index is -2.90. The minimum absolute atomic E-state index is 0.226. The van der Waals surface area contributed by atoms with Crippen LogP contribution in [0, 0.1) is 0 Å². The molecular formula is C17H29N3O3S. The Bertz CT molecular complexity index is 653. The average Bonchev–Trinajstić information content (AvgIpc) is 2.54. The molecule has 6 nitrogen and oxygen atoms in total. The van der Waals surface area contributed by atoms with Gasteiger partial charge in [0.05, 0.1) is 18.0 Å². The second kappa shape index (κ2) is 8.07. The Morgan fingerprint density at radius 1 is 1.17 bits per heavy atom. The van der Waals surface area contributed by atoms with E-state index in [1.54, 1.807) is 0 Å². The van der Waals surface area contributed by atoms with Gasteiger partial charge in [0.15, 0.2) is 0 Å². The number of nitrogen functional groups attached to an aromatic ring is 1. The number of piperazine rings is 1. The summed E-state index contributed by atoms with van der Waals surface area (Å²) in [5.41, 5.74) is 9.16. The van der Waals surface area contributed by atoms with E-state index in [2.05, 4.69) is 16.7 Å². The maximum atomic E-state index is 11.3. The van der Waals surface area contributed by atoms with Crippen molar-refractivity contribution in [3.05, 3.63) is 17.7 Å². The number of hydrogen-bond acceptors (Lipinski definition) is 6. The Balaban J connectivity index is 2.06. The van der Waals surface area contributed by atoms with Gasteiger partial charge in [-0.2, -0.15) is 0 Å². The van der Waals surface area contributed by atoms with Gasteiger partial charge in [0.2, 0.25) is 0 Å².